The van der Waals surface area contributed by atoms with E-state index in [1.54, 1.807) is 0 Å². The van der Waals surface area contributed by atoms with Gasteiger partial charge in [0.1, 0.15) is 19.3 Å². The lowest BCUT2D eigenvalue weighted by molar-refractivity contribution is -0.161. The highest BCUT2D eigenvalue weighted by molar-refractivity contribution is 7.47. The number of ether oxygens (including phenoxy) is 4. The minimum Gasteiger partial charge on any atom is -0.462 e. The van der Waals surface area contributed by atoms with Crippen molar-refractivity contribution in [1.29, 1.82) is 0 Å². The van der Waals surface area contributed by atoms with E-state index in [-0.39, 0.29) is 25.7 Å². The van der Waals surface area contributed by atoms with E-state index in [1.165, 1.54) is 77.0 Å². The second-order valence-corrected chi connectivity index (χ2v) is 28.5. The lowest BCUT2D eigenvalue weighted by atomic mass is 10.1. The van der Waals surface area contributed by atoms with Crippen LogP contribution in [0.1, 0.15) is 336 Å². The molecule has 5 unspecified atom stereocenters. The van der Waals surface area contributed by atoms with Crippen LogP contribution >= 0.6 is 15.6 Å². The van der Waals surface area contributed by atoms with E-state index < -0.39 is 97.5 Å². The van der Waals surface area contributed by atoms with Gasteiger partial charge in [0.2, 0.25) is 0 Å². The van der Waals surface area contributed by atoms with Crippen LogP contribution in [0.5, 0.6) is 0 Å². The molecule has 0 amide bonds. The number of carbonyl (C=O) groups is 4. The number of hydrogen-bond acceptors (Lipinski definition) is 15. The van der Waals surface area contributed by atoms with Crippen molar-refractivity contribution in [3.05, 3.63) is 72.9 Å². The van der Waals surface area contributed by atoms with Crippen LogP contribution in [0.3, 0.4) is 0 Å². The highest BCUT2D eigenvalue weighted by Crippen LogP contribution is 2.45. The summed E-state index contributed by atoms with van der Waals surface area (Å²) in [5, 5.41) is 10.6. The minimum absolute atomic E-state index is 0.0785. The fourth-order valence-electron chi connectivity index (χ4n) is 10.3. The monoisotopic (exact) mass is 1400 g/mol. The number of phosphoric ester groups is 2. The van der Waals surface area contributed by atoms with Gasteiger partial charge in [-0.15, -0.1) is 0 Å². The molecule has 0 radical (unpaired) electrons. The Balaban J connectivity index is 5.30. The maximum Gasteiger partial charge on any atom is 0.472 e. The zero-order chi connectivity index (χ0) is 70.4. The molecule has 0 saturated carbocycles. The van der Waals surface area contributed by atoms with Crippen molar-refractivity contribution in [1.82, 2.24) is 0 Å². The van der Waals surface area contributed by atoms with E-state index in [0.717, 1.165) is 180 Å². The number of hydrogen-bond donors (Lipinski definition) is 3. The Morgan fingerprint density at radius 2 is 0.562 bits per heavy atom. The Morgan fingerprint density at radius 3 is 0.885 bits per heavy atom. The number of esters is 4. The largest absolute Gasteiger partial charge is 0.472 e. The molecule has 0 aromatic heterocycles. The standard InChI is InChI=1S/C77H138O17P2/c1-5-9-13-17-21-25-29-32-34-35-37-40-43-46-50-54-58-62-75(80)88-68-73(94-77(82)64-60-56-52-48-44-38-31-27-23-19-15-11-7-3)70-92-96(85,86)90-66-71(78)65-89-95(83,84)91-69-72(93-76(81)63-59-55-51-47-41-28-24-20-16-12-8-4)67-87-74(79)61-57-53-49-45-42-39-36-33-30-26-22-18-14-10-6-2/h9,13,15,19,21,25,27,31-34,36,71-73,78H,5-8,10-12,14,16-18,20,22-24,26,28-30,35,37-70H2,1-4H3,(H,83,84)(H,85,86)/b13-9-,19-15-,25-21-,31-27-,34-32-,36-33-. The summed E-state index contributed by atoms with van der Waals surface area (Å²) in [6, 6.07) is 0. The first-order chi connectivity index (χ1) is 46.7. The van der Waals surface area contributed by atoms with Gasteiger partial charge in [-0.2, -0.15) is 0 Å². The zero-order valence-corrected chi connectivity index (χ0v) is 62.6. The van der Waals surface area contributed by atoms with Crippen molar-refractivity contribution < 1.29 is 80.2 Å². The van der Waals surface area contributed by atoms with Crippen molar-refractivity contribution in [2.24, 2.45) is 0 Å². The average Bonchev–Trinajstić information content (AvgIpc) is 1.17. The highest BCUT2D eigenvalue weighted by Gasteiger charge is 2.30. The Bertz CT molecular complexity index is 2110. The molecule has 96 heavy (non-hydrogen) atoms. The van der Waals surface area contributed by atoms with Gasteiger partial charge in [0.05, 0.1) is 26.4 Å². The summed E-state index contributed by atoms with van der Waals surface area (Å²) < 4.78 is 68.4. The van der Waals surface area contributed by atoms with Gasteiger partial charge >= 0.3 is 39.5 Å². The second kappa shape index (κ2) is 70.0. The van der Waals surface area contributed by atoms with Crippen LogP contribution in [0.25, 0.3) is 0 Å². The van der Waals surface area contributed by atoms with Crippen LogP contribution in [-0.4, -0.2) is 96.7 Å². The third kappa shape index (κ3) is 69.0. The number of rotatable bonds is 72. The molecule has 0 aromatic carbocycles. The van der Waals surface area contributed by atoms with Crippen molar-refractivity contribution in [3.8, 4) is 0 Å². The molecular weight excluding hydrogens is 1260 g/mol. The van der Waals surface area contributed by atoms with E-state index in [4.69, 9.17) is 37.0 Å². The fourth-order valence-corrected chi connectivity index (χ4v) is 11.9. The average molecular weight is 1400 g/mol. The summed E-state index contributed by atoms with van der Waals surface area (Å²) >= 11 is 0. The summed E-state index contributed by atoms with van der Waals surface area (Å²) in [4.78, 5) is 72.8. The number of carbonyl (C=O) groups excluding carboxylic acids is 4. The number of aliphatic hydroxyl groups excluding tert-OH is 1. The topological polar surface area (TPSA) is 237 Å². The predicted molar refractivity (Wildman–Crippen MR) is 390 cm³/mol. The lowest BCUT2D eigenvalue weighted by Crippen LogP contribution is -2.30. The molecule has 0 aromatic rings. The molecule has 0 bridgehead atoms. The summed E-state index contributed by atoms with van der Waals surface area (Å²) in [5.74, 6) is -2.19. The molecule has 0 spiro atoms. The Hall–Kier alpha value is -3.50. The molecule has 0 fully saturated rings. The quantitative estimate of drug-likeness (QED) is 0.0169. The number of unbranched alkanes of at least 4 members (excludes halogenated alkanes) is 34. The number of phosphoric acid groups is 2. The van der Waals surface area contributed by atoms with Crippen LogP contribution in [0.15, 0.2) is 72.9 Å². The van der Waals surface area contributed by atoms with E-state index in [2.05, 4.69) is 101 Å². The van der Waals surface area contributed by atoms with E-state index in [1.807, 2.05) is 0 Å². The maximum atomic E-state index is 13.1. The van der Waals surface area contributed by atoms with E-state index in [0.29, 0.717) is 25.7 Å². The van der Waals surface area contributed by atoms with Gasteiger partial charge < -0.3 is 33.8 Å². The molecule has 17 nitrogen and oxygen atoms in total. The van der Waals surface area contributed by atoms with Crippen LogP contribution in [0.2, 0.25) is 0 Å². The van der Waals surface area contributed by atoms with Crippen molar-refractivity contribution in [3.63, 3.8) is 0 Å². The van der Waals surface area contributed by atoms with Gasteiger partial charge in [-0.3, -0.25) is 37.3 Å². The normalized spacial score (nSPS) is 14.4. The molecule has 0 saturated heterocycles. The molecular formula is C77H138O17P2. The Morgan fingerprint density at radius 1 is 0.302 bits per heavy atom. The van der Waals surface area contributed by atoms with Gasteiger partial charge in [-0.05, 0) is 109 Å². The minimum atomic E-state index is -4.97. The smallest absolute Gasteiger partial charge is 0.462 e. The lowest BCUT2D eigenvalue weighted by Gasteiger charge is -2.21. The SMILES string of the molecule is CC/C=C\C/C=C\C/C=C\CCCCCCCCCC(=O)OCC(COP(=O)(O)OCC(O)COP(=O)(O)OCC(COC(=O)CCCCCCC/C=C\CCCCCCCC)OC(=O)CCCCCCCCCCCCC)OC(=O)CCCCCCC/C=C\C/C=C\CCC. The molecule has 0 aliphatic heterocycles. The van der Waals surface area contributed by atoms with Crippen LogP contribution in [0.4, 0.5) is 0 Å². The maximum absolute atomic E-state index is 13.1. The molecule has 5 atom stereocenters. The number of aliphatic hydroxyl groups is 1. The molecule has 19 heteroatoms. The predicted octanol–water partition coefficient (Wildman–Crippen LogP) is 21.7. The summed E-state index contributed by atoms with van der Waals surface area (Å²) in [7, 11) is -9.94. The highest BCUT2D eigenvalue weighted by atomic mass is 31.2. The molecule has 3 N–H and O–H groups in total. The van der Waals surface area contributed by atoms with Crippen LogP contribution < -0.4 is 0 Å². The molecule has 558 valence electrons. The van der Waals surface area contributed by atoms with Crippen LogP contribution in [0, 0.1) is 0 Å². The first kappa shape index (κ1) is 92.5. The molecule has 0 aliphatic rings. The van der Waals surface area contributed by atoms with Gasteiger partial charge in [0, 0.05) is 25.7 Å². The van der Waals surface area contributed by atoms with Crippen molar-refractivity contribution in [2.45, 2.75) is 354 Å². The first-order valence-corrected chi connectivity index (χ1v) is 41.2. The third-order valence-corrected chi connectivity index (χ3v) is 18.0. The van der Waals surface area contributed by atoms with E-state index >= 15 is 0 Å². The Kier molecular flexibility index (Phi) is 67.4. The number of allylic oxidation sites excluding steroid dienone is 12. The Labute approximate surface area is 583 Å². The fraction of sp³-hybridized carbons (Fsp3) is 0.792. The summed E-state index contributed by atoms with van der Waals surface area (Å²) in [5.41, 5.74) is 0. The summed E-state index contributed by atoms with van der Waals surface area (Å²) in [6.07, 6.45) is 68.9. The molecule has 0 heterocycles. The molecule has 0 rings (SSSR count). The van der Waals surface area contributed by atoms with E-state index in [9.17, 15) is 43.2 Å². The van der Waals surface area contributed by atoms with Crippen molar-refractivity contribution >= 4 is 39.5 Å². The third-order valence-electron chi connectivity index (χ3n) is 16.1. The molecule has 0 aliphatic carbocycles. The van der Waals surface area contributed by atoms with Gasteiger partial charge in [0.25, 0.3) is 0 Å². The van der Waals surface area contributed by atoms with Gasteiger partial charge in [0.15, 0.2) is 12.2 Å². The first-order valence-electron chi connectivity index (χ1n) is 38.2. The van der Waals surface area contributed by atoms with Gasteiger partial charge in [-0.25, -0.2) is 9.13 Å². The van der Waals surface area contributed by atoms with Gasteiger partial charge in [-0.1, -0.05) is 274 Å². The summed E-state index contributed by atoms with van der Waals surface area (Å²) in [6.45, 7) is 4.69. The second-order valence-electron chi connectivity index (χ2n) is 25.6. The zero-order valence-electron chi connectivity index (χ0n) is 60.8. The van der Waals surface area contributed by atoms with Crippen molar-refractivity contribution in [2.75, 3.05) is 39.6 Å². The van der Waals surface area contributed by atoms with Crippen LogP contribution in [-0.2, 0) is 65.4 Å².